The number of phenolic OH excluding ortho intramolecular Hbond substituents is 1. The Balaban J connectivity index is 3.00. The van der Waals surface area contributed by atoms with Crippen molar-refractivity contribution in [1.29, 1.82) is 0 Å². The summed E-state index contributed by atoms with van der Waals surface area (Å²) >= 11 is 0. The molecule has 0 aliphatic heterocycles. The first-order chi connectivity index (χ1) is 10.8. The van der Waals surface area contributed by atoms with Crippen molar-refractivity contribution in [2.24, 2.45) is 0 Å². The average molecular weight is 349 g/mol. The van der Waals surface area contributed by atoms with Crippen LogP contribution in [0.25, 0.3) is 0 Å². The molecule has 1 rings (SSSR count). The van der Waals surface area contributed by atoms with Crippen LogP contribution in [0, 0.1) is 0 Å². The summed E-state index contributed by atoms with van der Waals surface area (Å²) in [5, 5.41) is 9.59. The maximum Gasteiger partial charge on any atom is 0.573 e. The summed E-state index contributed by atoms with van der Waals surface area (Å²) in [4.78, 5) is 13.6. The lowest BCUT2D eigenvalue weighted by Crippen LogP contribution is -2.40. The second-order valence-corrected chi connectivity index (χ2v) is 6.58. The summed E-state index contributed by atoms with van der Waals surface area (Å²) in [6, 6.07) is 2.98. The highest BCUT2D eigenvalue weighted by atomic mass is 19.4. The number of hydrogen-bond donors (Lipinski definition) is 1. The number of rotatable bonds is 4. The molecule has 0 saturated carbocycles. The van der Waals surface area contributed by atoms with Crippen molar-refractivity contribution in [3.8, 4) is 11.5 Å². The zero-order chi connectivity index (χ0) is 18.7. The molecule has 1 N–H and O–H groups in total. The van der Waals surface area contributed by atoms with Gasteiger partial charge in [-0.05, 0) is 52.3 Å². The molecule has 0 aliphatic rings. The molecule has 0 unspecified atom stereocenters. The molecule has 0 atom stereocenters. The number of phenols is 1. The van der Waals surface area contributed by atoms with Gasteiger partial charge in [0.05, 0.1) is 0 Å². The highest BCUT2D eigenvalue weighted by Gasteiger charge is 2.31. The fourth-order valence-electron chi connectivity index (χ4n) is 1.90. The summed E-state index contributed by atoms with van der Waals surface area (Å²) in [7, 11) is 0. The molecule has 0 fully saturated rings. The number of hydrogen-bond acceptors (Lipinski definition) is 4. The Morgan fingerprint density at radius 1 is 1.21 bits per heavy atom. The minimum atomic E-state index is -4.87. The molecule has 0 bridgehead atoms. The van der Waals surface area contributed by atoms with E-state index in [2.05, 4.69) is 4.74 Å². The number of aromatic hydroxyl groups is 1. The average Bonchev–Trinajstić information content (AvgIpc) is 2.30. The van der Waals surface area contributed by atoms with Crippen LogP contribution in [-0.4, -0.2) is 34.1 Å². The molecule has 8 heteroatoms. The van der Waals surface area contributed by atoms with Crippen LogP contribution in [0.15, 0.2) is 18.2 Å². The topological polar surface area (TPSA) is 59.0 Å². The first-order valence-corrected chi connectivity index (χ1v) is 7.35. The van der Waals surface area contributed by atoms with Crippen LogP contribution in [0.3, 0.4) is 0 Å². The Morgan fingerprint density at radius 3 is 2.25 bits per heavy atom. The molecule has 0 aromatic heterocycles. The van der Waals surface area contributed by atoms with Crippen molar-refractivity contribution < 1.29 is 32.5 Å². The second kappa shape index (κ2) is 7.19. The van der Waals surface area contributed by atoms with Crippen molar-refractivity contribution in [3.05, 3.63) is 23.8 Å². The molecule has 0 saturated heterocycles. The van der Waals surface area contributed by atoms with E-state index in [0.29, 0.717) is 0 Å². The fourth-order valence-corrected chi connectivity index (χ4v) is 1.90. The van der Waals surface area contributed by atoms with Crippen LogP contribution in [0.2, 0.25) is 0 Å². The summed E-state index contributed by atoms with van der Waals surface area (Å²) in [5.74, 6) is -0.940. The van der Waals surface area contributed by atoms with Crippen LogP contribution in [0.5, 0.6) is 11.5 Å². The minimum absolute atomic E-state index is 0.0325. The van der Waals surface area contributed by atoms with E-state index < -0.39 is 23.8 Å². The maximum atomic E-state index is 12.3. The van der Waals surface area contributed by atoms with E-state index in [-0.39, 0.29) is 23.9 Å². The van der Waals surface area contributed by atoms with Gasteiger partial charge in [0.2, 0.25) is 0 Å². The molecule has 24 heavy (non-hydrogen) atoms. The monoisotopic (exact) mass is 349 g/mol. The Labute approximate surface area is 139 Å². The van der Waals surface area contributed by atoms with Crippen molar-refractivity contribution in [2.45, 2.75) is 59.2 Å². The van der Waals surface area contributed by atoms with Gasteiger partial charge in [-0.15, -0.1) is 13.2 Å². The molecule has 1 amide bonds. The molecule has 0 radical (unpaired) electrons. The van der Waals surface area contributed by atoms with Gasteiger partial charge in [0, 0.05) is 18.7 Å². The van der Waals surface area contributed by atoms with Gasteiger partial charge in [-0.3, -0.25) is 0 Å². The maximum absolute atomic E-state index is 12.3. The zero-order valence-corrected chi connectivity index (χ0v) is 14.3. The van der Waals surface area contributed by atoms with Crippen LogP contribution in [0.1, 0.15) is 40.2 Å². The predicted molar refractivity (Wildman–Crippen MR) is 81.7 cm³/mol. The predicted octanol–water partition coefficient (Wildman–Crippen LogP) is 4.44. The summed E-state index contributed by atoms with van der Waals surface area (Å²) in [6.45, 7) is 8.61. The zero-order valence-electron chi connectivity index (χ0n) is 14.3. The van der Waals surface area contributed by atoms with Crippen LogP contribution in [0.4, 0.5) is 18.0 Å². The lowest BCUT2D eigenvalue weighted by molar-refractivity contribution is -0.274. The molecular weight excluding hydrogens is 327 g/mol. The molecule has 1 aromatic rings. The smallest absolute Gasteiger partial charge is 0.508 e. The van der Waals surface area contributed by atoms with E-state index >= 15 is 0 Å². The summed E-state index contributed by atoms with van der Waals surface area (Å²) in [5.41, 5.74) is -0.415. The van der Waals surface area contributed by atoms with E-state index in [0.717, 1.165) is 12.1 Å². The SMILES string of the molecule is CC(C)N(Cc1cc(O)cc(OC(F)(F)F)c1)C(=O)OC(C)(C)C. The Hall–Kier alpha value is -2.12. The van der Waals surface area contributed by atoms with Gasteiger partial charge in [-0.25, -0.2) is 4.79 Å². The van der Waals surface area contributed by atoms with Crippen LogP contribution >= 0.6 is 0 Å². The standard InChI is InChI=1S/C16H22F3NO4/c1-10(2)20(14(22)24-15(3,4)5)9-11-6-12(21)8-13(7-11)23-16(17,18)19/h6-8,10,21H,9H2,1-5H3. The third-order valence-electron chi connectivity index (χ3n) is 2.79. The van der Waals surface area contributed by atoms with Gasteiger partial charge < -0.3 is 19.5 Å². The number of benzene rings is 1. The summed E-state index contributed by atoms with van der Waals surface area (Å²) < 4.78 is 46.1. The van der Waals surface area contributed by atoms with E-state index in [4.69, 9.17) is 4.74 Å². The number of amides is 1. The third kappa shape index (κ3) is 6.97. The number of carbonyl (C=O) groups excluding carboxylic acids is 1. The Kier molecular flexibility index (Phi) is 5.97. The minimum Gasteiger partial charge on any atom is -0.508 e. The largest absolute Gasteiger partial charge is 0.573 e. The van der Waals surface area contributed by atoms with Gasteiger partial charge in [-0.2, -0.15) is 0 Å². The molecule has 136 valence electrons. The normalized spacial score (nSPS) is 12.2. The van der Waals surface area contributed by atoms with E-state index in [1.165, 1.54) is 11.0 Å². The van der Waals surface area contributed by atoms with Crippen molar-refractivity contribution in [3.63, 3.8) is 0 Å². The van der Waals surface area contributed by atoms with E-state index in [1.54, 1.807) is 34.6 Å². The molecule has 1 aromatic carbocycles. The van der Waals surface area contributed by atoms with Gasteiger partial charge in [0.1, 0.15) is 17.1 Å². The summed E-state index contributed by atoms with van der Waals surface area (Å²) in [6.07, 6.45) is -5.47. The Bertz CT molecular complexity index is 580. The number of alkyl halides is 3. The Morgan fingerprint density at radius 2 is 1.79 bits per heavy atom. The first kappa shape index (κ1) is 19.9. The van der Waals surface area contributed by atoms with Gasteiger partial charge >= 0.3 is 12.5 Å². The van der Waals surface area contributed by atoms with E-state index in [1.807, 2.05) is 0 Å². The number of nitrogens with zero attached hydrogens (tertiary/aromatic N) is 1. The van der Waals surface area contributed by atoms with Crippen LogP contribution in [-0.2, 0) is 11.3 Å². The highest BCUT2D eigenvalue weighted by Crippen LogP contribution is 2.28. The molecule has 5 nitrogen and oxygen atoms in total. The molecule has 0 heterocycles. The van der Waals surface area contributed by atoms with Gasteiger partial charge in [0.15, 0.2) is 0 Å². The highest BCUT2D eigenvalue weighted by molar-refractivity contribution is 5.68. The lowest BCUT2D eigenvalue weighted by atomic mass is 10.1. The van der Waals surface area contributed by atoms with Crippen molar-refractivity contribution in [1.82, 2.24) is 4.90 Å². The fraction of sp³-hybridized carbons (Fsp3) is 0.562. The first-order valence-electron chi connectivity index (χ1n) is 7.35. The lowest BCUT2D eigenvalue weighted by Gasteiger charge is -2.30. The van der Waals surface area contributed by atoms with Gasteiger partial charge in [-0.1, -0.05) is 0 Å². The third-order valence-corrected chi connectivity index (χ3v) is 2.79. The quantitative estimate of drug-likeness (QED) is 0.873. The van der Waals surface area contributed by atoms with E-state index in [9.17, 15) is 23.1 Å². The number of halogens is 3. The van der Waals surface area contributed by atoms with Crippen LogP contribution < -0.4 is 4.74 Å². The number of carbonyl (C=O) groups is 1. The molecular formula is C16H22F3NO4. The molecule has 0 spiro atoms. The molecule has 0 aliphatic carbocycles. The second-order valence-electron chi connectivity index (χ2n) is 6.58. The van der Waals surface area contributed by atoms with Crippen molar-refractivity contribution >= 4 is 6.09 Å². The van der Waals surface area contributed by atoms with Gasteiger partial charge in [0.25, 0.3) is 0 Å². The number of ether oxygens (including phenoxy) is 2. The van der Waals surface area contributed by atoms with Crippen molar-refractivity contribution in [2.75, 3.05) is 0 Å².